The second-order valence-corrected chi connectivity index (χ2v) is 13.5. The van der Waals surface area contributed by atoms with Crippen LogP contribution in [0.2, 0.25) is 0 Å². The average Bonchev–Trinajstić information content (AvgIpc) is 3.23. The van der Waals surface area contributed by atoms with Crippen LogP contribution in [0.1, 0.15) is 22.7 Å². The molecule has 1 aromatic heterocycles. The van der Waals surface area contributed by atoms with Crippen molar-refractivity contribution in [1.82, 2.24) is 10.3 Å². The Labute approximate surface area is 302 Å². The quantitative estimate of drug-likeness (QED) is 0.180. The van der Waals surface area contributed by atoms with Gasteiger partial charge in [-0.3, -0.25) is 4.98 Å². The Hall–Kier alpha value is -6.84. The van der Waals surface area contributed by atoms with Crippen molar-refractivity contribution < 1.29 is 0 Å². The van der Waals surface area contributed by atoms with Crippen LogP contribution in [0.4, 0.5) is 0 Å². The molecule has 1 aliphatic heterocycles. The SMILES string of the molecule is C1=C(c2ccccc2)N=C(c2cc(-c3ccc(-c4ccccn4)cc3)cc(-c3cc4ccc5cccc6ccc(c3)c4c56)c2)NC1c1ccccc1. The Bertz CT molecular complexity index is 2720. The molecule has 10 rings (SSSR count). The van der Waals surface area contributed by atoms with Gasteiger partial charge in [0.2, 0.25) is 0 Å². The first-order chi connectivity index (χ1) is 25.7. The van der Waals surface area contributed by atoms with E-state index in [4.69, 9.17) is 4.99 Å². The van der Waals surface area contributed by atoms with E-state index in [0.29, 0.717) is 0 Å². The van der Waals surface area contributed by atoms with E-state index in [1.165, 1.54) is 43.4 Å². The third kappa shape index (κ3) is 5.40. The molecule has 0 saturated heterocycles. The minimum atomic E-state index is -0.0357. The zero-order valence-electron chi connectivity index (χ0n) is 28.4. The van der Waals surface area contributed by atoms with E-state index in [1.807, 2.05) is 24.4 Å². The third-order valence-electron chi connectivity index (χ3n) is 10.3. The van der Waals surface area contributed by atoms with E-state index in [-0.39, 0.29) is 6.04 Å². The number of benzene rings is 8. The lowest BCUT2D eigenvalue weighted by Crippen LogP contribution is -2.31. The molecule has 8 aromatic carbocycles. The molecule has 0 amide bonds. The molecule has 0 fully saturated rings. The summed E-state index contributed by atoms with van der Waals surface area (Å²) >= 11 is 0. The topological polar surface area (TPSA) is 37.3 Å². The standard InChI is InChI=1S/C49H33N3/c1-3-10-33(11-4-1)45-31-46(34-12-5-2-6-13-34)52-49(51-45)43-29-40(32-17-19-35(20-18-32)44-16-7-8-25-50-44)28-42(30-43)41-26-38-23-21-36-14-9-15-37-22-24-39(27-41)48(38)47(36)37/h1-31,45H,(H,51,52). The Morgan fingerprint density at radius 1 is 0.404 bits per heavy atom. The molecular weight excluding hydrogens is 631 g/mol. The highest BCUT2D eigenvalue weighted by molar-refractivity contribution is 6.23. The highest BCUT2D eigenvalue weighted by Gasteiger charge is 2.21. The van der Waals surface area contributed by atoms with E-state index in [2.05, 4.69) is 174 Å². The molecule has 1 unspecified atom stereocenters. The fourth-order valence-corrected chi connectivity index (χ4v) is 7.68. The van der Waals surface area contributed by atoms with Crippen LogP contribution in [0.3, 0.4) is 0 Å². The molecule has 0 spiro atoms. The van der Waals surface area contributed by atoms with Crippen molar-refractivity contribution in [2.45, 2.75) is 6.04 Å². The number of rotatable bonds is 6. The Morgan fingerprint density at radius 3 is 1.67 bits per heavy atom. The van der Waals surface area contributed by atoms with Gasteiger partial charge in [-0.1, -0.05) is 133 Å². The molecule has 244 valence electrons. The van der Waals surface area contributed by atoms with Gasteiger partial charge >= 0.3 is 0 Å². The molecule has 3 heteroatoms. The van der Waals surface area contributed by atoms with Crippen LogP contribution in [0.5, 0.6) is 0 Å². The number of nitrogens with one attached hydrogen (secondary N) is 1. The van der Waals surface area contributed by atoms with Gasteiger partial charge in [0.25, 0.3) is 0 Å². The summed E-state index contributed by atoms with van der Waals surface area (Å²) in [7, 11) is 0. The Balaban J connectivity index is 1.15. The zero-order chi connectivity index (χ0) is 34.4. The van der Waals surface area contributed by atoms with Crippen molar-refractivity contribution in [2.24, 2.45) is 4.99 Å². The summed E-state index contributed by atoms with van der Waals surface area (Å²) in [5, 5.41) is 11.5. The van der Waals surface area contributed by atoms with Crippen LogP contribution in [-0.4, -0.2) is 10.8 Å². The molecule has 9 aromatic rings. The van der Waals surface area contributed by atoms with Gasteiger partial charge in [-0.15, -0.1) is 0 Å². The van der Waals surface area contributed by atoms with E-state index >= 15 is 0 Å². The van der Waals surface area contributed by atoms with Gasteiger partial charge in [0.05, 0.1) is 17.4 Å². The zero-order valence-corrected chi connectivity index (χ0v) is 28.4. The summed E-state index contributed by atoms with van der Waals surface area (Å²) in [6.07, 6.45) is 4.07. The maximum Gasteiger partial charge on any atom is 0.134 e. The van der Waals surface area contributed by atoms with Gasteiger partial charge in [-0.25, -0.2) is 4.99 Å². The van der Waals surface area contributed by atoms with Gasteiger partial charge in [-0.05, 0) is 114 Å². The van der Waals surface area contributed by atoms with Crippen LogP contribution in [0, 0.1) is 0 Å². The van der Waals surface area contributed by atoms with Crippen LogP contribution >= 0.6 is 0 Å². The Morgan fingerprint density at radius 2 is 0.981 bits per heavy atom. The molecule has 0 aliphatic carbocycles. The minimum Gasteiger partial charge on any atom is -0.359 e. The molecule has 2 heterocycles. The number of pyridine rings is 1. The largest absolute Gasteiger partial charge is 0.359 e. The van der Waals surface area contributed by atoms with E-state index in [9.17, 15) is 0 Å². The number of aromatic nitrogens is 1. The predicted octanol–water partition coefficient (Wildman–Crippen LogP) is 12.1. The molecule has 1 atom stereocenters. The van der Waals surface area contributed by atoms with Crippen molar-refractivity contribution in [2.75, 3.05) is 0 Å². The third-order valence-corrected chi connectivity index (χ3v) is 10.3. The van der Waals surface area contributed by atoms with Crippen molar-refractivity contribution in [1.29, 1.82) is 0 Å². The summed E-state index contributed by atoms with van der Waals surface area (Å²) in [6, 6.07) is 63.0. The molecule has 52 heavy (non-hydrogen) atoms. The second-order valence-electron chi connectivity index (χ2n) is 13.5. The number of nitrogens with zero attached hydrogens (tertiary/aromatic N) is 2. The van der Waals surface area contributed by atoms with Crippen molar-refractivity contribution in [3.05, 3.63) is 205 Å². The monoisotopic (exact) mass is 663 g/mol. The molecule has 1 N–H and O–H groups in total. The summed E-state index contributed by atoms with van der Waals surface area (Å²) in [5.41, 5.74) is 10.9. The smallest absolute Gasteiger partial charge is 0.134 e. The first-order valence-corrected chi connectivity index (χ1v) is 17.8. The number of aliphatic imine (C=N–C) groups is 1. The van der Waals surface area contributed by atoms with Gasteiger partial charge in [0.15, 0.2) is 0 Å². The molecule has 0 saturated carbocycles. The van der Waals surface area contributed by atoms with Gasteiger partial charge in [0.1, 0.15) is 5.84 Å². The molecular formula is C49H33N3. The summed E-state index contributed by atoms with van der Waals surface area (Å²) in [6.45, 7) is 0. The van der Waals surface area contributed by atoms with Gasteiger partial charge in [-0.2, -0.15) is 0 Å². The van der Waals surface area contributed by atoms with Crippen molar-refractivity contribution in [3.63, 3.8) is 0 Å². The molecule has 1 aliphatic rings. The molecule has 3 nitrogen and oxygen atoms in total. The highest BCUT2D eigenvalue weighted by atomic mass is 15.0. The fourth-order valence-electron chi connectivity index (χ4n) is 7.68. The van der Waals surface area contributed by atoms with Crippen LogP contribution in [-0.2, 0) is 0 Å². The Kier molecular flexibility index (Phi) is 7.21. The summed E-state index contributed by atoms with van der Waals surface area (Å²) in [5.74, 6) is 0.848. The molecule has 0 bridgehead atoms. The van der Waals surface area contributed by atoms with Gasteiger partial charge in [0, 0.05) is 17.3 Å². The number of hydrogen-bond acceptors (Lipinski definition) is 3. The first kappa shape index (κ1) is 30.0. The average molecular weight is 664 g/mol. The summed E-state index contributed by atoms with van der Waals surface area (Å²) in [4.78, 5) is 9.87. The van der Waals surface area contributed by atoms with Crippen molar-refractivity contribution in [3.8, 4) is 33.5 Å². The van der Waals surface area contributed by atoms with E-state index in [1.54, 1.807) is 0 Å². The van der Waals surface area contributed by atoms with E-state index < -0.39 is 0 Å². The second kappa shape index (κ2) is 12.5. The van der Waals surface area contributed by atoms with Crippen molar-refractivity contribution >= 4 is 43.9 Å². The first-order valence-electron chi connectivity index (χ1n) is 17.8. The summed E-state index contributed by atoms with van der Waals surface area (Å²) < 4.78 is 0. The number of hydrogen-bond donors (Lipinski definition) is 1. The predicted molar refractivity (Wildman–Crippen MR) is 218 cm³/mol. The van der Waals surface area contributed by atoms with E-state index in [0.717, 1.165) is 50.6 Å². The van der Waals surface area contributed by atoms with Crippen LogP contribution in [0.15, 0.2) is 193 Å². The maximum atomic E-state index is 5.29. The fraction of sp³-hybridized carbons (Fsp3) is 0.0204. The number of amidine groups is 1. The normalized spacial score (nSPS) is 14.3. The lowest BCUT2D eigenvalue weighted by Gasteiger charge is -2.25. The van der Waals surface area contributed by atoms with Crippen LogP contribution < -0.4 is 5.32 Å². The van der Waals surface area contributed by atoms with Crippen LogP contribution in [0.25, 0.3) is 71.5 Å². The maximum absolute atomic E-state index is 5.29. The lowest BCUT2D eigenvalue weighted by molar-refractivity contribution is 0.781. The lowest BCUT2D eigenvalue weighted by atomic mass is 9.89. The van der Waals surface area contributed by atoms with Gasteiger partial charge < -0.3 is 5.32 Å². The molecule has 0 radical (unpaired) electrons. The minimum absolute atomic E-state index is 0.0357. The highest BCUT2D eigenvalue weighted by Crippen LogP contribution is 2.39.